The molecule has 0 radical (unpaired) electrons. The number of amides is 1. The third kappa shape index (κ3) is 4.32. The van der Waals surface area contributed by atoms with E-state index in [0.717, 1.165) is 0 Å². The molecule has 3 rings (SSSR count). The first-order chi connectivity index (χ1) is 13.5. The van der Waals surface area contributed by atoms with Crippen LogP contribution in [0.25, 0.3) is 6.08 Å². The Morgan fingerprint density at radius 3 is 2.50 bits per heavy atom. The van der Waals surface area contributed by atoms with Gasteiger partial charge >= 0.3 is 0 Å². The van der Waals surface area contributed by atoms with Crippen molar-refractivity contribution in [2.75, 3.05) is 12.0 Å². The first kappa shape index (κ1) is 19.4. The van der Waals surface area contributed by atoms with E-state index in [9.17, 15) is 14.0 Å². The molecular weight excluding hydrogens is 379 g/mol. The number of allylic oxidation sites excluding steroid dienone is 1. The van der Waals surface area contributed by atoms with Crippen molar-refractivity contribution in [3.63, 3.8) is 0 Å². The Kier molecular flexibility index (Phi) is 5.96. The van der Waals surface area contributed by atoms with Crippen molar-refractivity contribution in [2.45, 2.75) is 6.92 Å². The molecular formula is C21H17FN2O3S. The van der Waals surface area contributed by atoms with Crippen LogP contribution in [0.2, 0.25) is 0 Å². The van der Waals surface area contributed by atoms with E-state index in [1.807, 2.05) is 0 Å². The summed E-state index contributed by atoms with van der Waals surface area (Å²) in [7, 11) is 1.56. The molecule has 0 unspecified atom stereocenters. The smallest absolute Gasteiger partial charge is 0.230 e. The van der Waals surface area contributed by atoms with E-state index in [4.69, 9.17) is 4.74 Å². The largest absolute Gasteiger partial charge is 0.497 e. The second-order valence-corrected chi connectivity index (χ2v) is 6.62. The Bertz CT molecular complexity index is 1030. The van der Waals surface area contributed by atoms with Gasteiger partial charge in [-0.25, -0.2) is 9.37 Å². The standard InChI is InChI=1S/C21H17FN2O3S/c1-14(25)24(19-6-4-3-5-18(19)22)21-23-16(13-28-21)9-12-20(26)15-7-10-17(27-2)11-8-15/h3-13H,1-2H3/b12-9+. The highest BCUT2D eigenvalue weighted by Crippen LogP contribution is 2.31. The number of carbonyl (C=O) groups excluding carboxylic acids is 2. The third-order valence-corrected chi connectivity index (χ3v) is 4.73. The number of methoxy groups -OCH3 is 1. The summed E-state index contributed by atoms with van der Waals surface area (Å²) in [4.78, 5) is 29.9. The van der Waals surface area contributed by atoms with E-state index < -0.39 is 5.82 Å². The second kappa shape index (κ2) is 8.58. The molecule has 0 saturated heterocycles. The number of ether oxygens (including phenoxy) is 1. The van der Waals surface area contributed by atoms with E-state index in [-0.39, 0.29) is 17.4 Å². The van der Waals surface area contributed by atoms with Crippen LogP contribution in [0.5, 0.6) is 5.75 Å². The van der Waals surface area contributed by atoms with Crippen molar-refractivity contribution in [2.24, 2.45) is 0 Å². The zero-order chi connectivity index (χ0) is 20.1. The Morgan fingerprint density at radius 1 is 1.14 bits per heavy atom. The quantitative estimate of drug-likeness (QED) is 0.440. The molecule has 0 aliphatic heterocycles. The van der Waals surface area contributed by atoms with Crippen molar-refractivity contribution >= 4 is 39.9 Å². The molecule has 28 heavy (non-hydrogen) atoms. The number of ketones is 1. The maximum absolute atomic E-state index is 14.1. The number of hydrogen-bond acceptors (Lipinski definition) is 5. The predicted octanol–water partition coefficient (Wildman–Crippen LogP) is 4.87. The number of aromatic nitrogens is 1. The molecule has 0 saturated carbocycles. The summed E-state index contributed by atoms with van der Waals surface area (Å²) in [5, 5.41) is 2.03. The van der Waals surface area contributed by atoms with Gasteiger partial charge in [0.1, 0.15) is 11.6 Å². The van der Waals surface area contributed by atoms with Crippen molar-refractivity contribution in [3.05, 3.63) is 77.1 Å². The topological polar surface area (TPSA) is 59.5 Å². The van der Waals surface area contributed by atoms with Gasteiger partial charge in [-0.05, 0) is 48.6 Å². The fourth-order valence-corrected chi connectivity index (χ4v) is 3.36. The zero-order valence-corrected chi connectivity index (χ0v) is 16.1. The third-order valence-electron chi connectivity index (χ3n) is 3.89. The lowest BCUT2D eigenvalue weighted by molar-refractivity contribution is -0.115. The van der Waals surface area contributed by atoms with E-state index >= 15 is 0 Å². The number of halogens is 1. The van der Waals surface area contributed by atoms with Crippen LogP contribution in [0, 0.1) is 5.82 Å². The molecule has 142 valence electrons. The molecule has 0 aliphatic rings. The molecule has 0 bridgehead atoms. The first-order valence-electron chi connectivity index (χ1n) is 8.37. The van der Waals surface area contributed by atoms with Gasteiger partial charge in [-0.2, -0.15) is 0 Å². The second-order valence-electron chi connectivity index (χ2n) is 5.79. The summed E-state index contributed by atoms with van der Waals surface area (Å²) in [5.74, 6) is -0.388. The minimum absolute atomic E-state index is 0.134. The lowest BCUT2D eigenvalue weighted by atomic mass is 10.1. The molecule has 0 N–H and O–H groups in total. The first-order valence-corrected chi connectivity index (χ1v) is 9.25. The highest BCUT2D eigenvalue weighted by Gasteiger charge is 2.20. The van der Waals surface area contributed by atoms with Gasteiger partial charge in [-0.3, -0.25) is 14.5 Å². The van der Waals surface area contributed by atoms with Crippen LogP contribution in [0.3, 0.4) is 0 Å². The maximum Gasteiger partial charge on any atom is 0.230 e. The Labute approximate surface area is 165 Å². The molecule has 1 heterocycles. The molecule has 3 aromatic rings. The summed E-state index contributed by atoms with van der Waals surface area (Å²) >= 11 is 1.19. The Hall–Kier alpha value is -3.32. The molecule has 0 atom stereocenters. The number of para-hydroxylation sites is 1. The molecule has 2 aromatic carbocycles. The number of anilines is 2. The van der Waals surface area contributed by atoms with Crippen molar-refractivity contribution < 1.29 is 18.7 Å². The van der Waals surface area contributed by atoms with Crippen LogP contribution >= 0.6 is 11.3 Å². The number of nitrogens with zero attached hydrogens (tertiary/aromatic N) is 2. The maximum atomic E-state index is 14.1. The highest BCUT2D eigenvalue weighted by molar-refractivity contribution is 7.14. The van der Waals surface area contributed by atoms with Crippen molar-refractivity contribution in [1.82, 2.24) is 4.98 Å². The van der Waals surface area contributed by atoms with Crippen LogP contribution < -0.4 is 9.64 Å². The summed E-state index contributed by atoms with van der Waals surface area (Å²) in [6, 6.07) is 12.8. The number of carbonyl (C=O) groups is 2. The summed E-state index contributed by atoms with van der Waals surface area (Å²) < 4.78 is 19.2. The fraction of sp³-hybridized carbons (Fsp3) is 0.0952. The van der Waals surface area contributed by atoms with Crippen LogP contribution in [-0.2, 0) is 4.79 Å². The predicted molar refractivity (Wildman–Crippen MR) is 108 cm³/mol. The Balaban J connectivity index is 1.80. The van der Waals surface area contributed by atoms with Gasteiger partial charge in [0.2, 0.25) is 5.91 Å². The number of hydrogen-bond donors (Lipinski definition) is 0. The summed E-state index contributed by atoms with van der Waals surface area (Å²) in [5.41, 5.74) is 1.16. The molecule has 0 fully saturated rings. The fourth-order valence-electron chi connectivity index (χ4n) is 2.51. The average molecular weight is 396 g/mol. The van der Waals surface area contributed by atoms with Gasteiger partial charge in [-0.1, -0.05) is 12.1 Å². The SMILES string of the molecule is COc1ccc(C(=O)/C=C/c2csc(N(C(C)=O)c3ccccc3F)n2)cc1. The van der Waals surface area contributed by atoms with E-state index in [1.165, 1.54) is 41.4 Å². The van der Waals surface area contributed by atoms with Crippen LogP contribution in [0.4, 0.5) is 15.2 Å². The van der Waals surface area contributed by atoms with Gasteiger partial charge < -0.3 is 4.74 Å². The number of thiazole rings is 1. The normalized spacial score (nSPS) is 10.8. The molecule has 1 aromatic heterocycles. The van der Waals surface area contributed by atoms with E-state index in [1.54, 1.807) is 55.0 Å². The lowest BCUT2D eigenvalue weighted by Crippen LogP contribution is -2.23. The average Bonchev–Trinajstić information content (AvgIpc) is 3.16. The van der Waals surface area contributed by atoms with Gasteiger partial charge in [0, 0.05) is 17.9 Å². The Morgan fingerprint density at radius 2 is 1.86 bits per heavy atom. The molecule has 0 spiro atoms. The van der Waals surface area contributed by atoms with E-state index in [0.29, 0.717) is 22.1 Å². The van der Waals surface area contributed by atoms with Gasteiger partial charge in [0.05, 0.1) is 18.5 Å². The van der Waals surface area contributed by atoms with Gasteiger partial charge in [0.25, 0.3) is 0 Å². The summed E-state index contributed by atoms with van der Waals surface area (Å²) in [6.45, 7) is 1.34. The number of benzene rings is 2. The molecule has 5 nitrogen and oxygen atoms in total. The van der Waals surface area contributed by atoms with Gasteiger partial charge in [-0.15, -0.1) is 11.3 Å². The highest BCUT2D eigenvalue weighted by atomic mass is 32.1. The minimum Gasteiger partial charge on any atom is -0.497 e. The lowest BCUT2D eigenvalue weighted by Gasteiger charge is -2.18. The minimum atomic E-state index is -0.514. The van der Waals surface area contributed by atoms with Crippen LogP contribution in [0.15, 0.2) is 60.0 Å². The zero-order valence-electron chi connectivity index (χ0n) is 15.3. The van der Waals surface area contributed by atoms with Crippen molar-refractivity contribution in [3.8, 4) is 5.75 Å². The van der Waals surface area contributed by atoms with E-state index in [2.05, 4.69) is 4.98 Å². The summed E-state index contributed by atoms with van der Waals surface area (Å²) in [6.07, 6.45) is 2.97. The van der Waals surface area contributed by atoms with Crippen molar-refractivity contribution in [1.29, 1.82) is 0 Å². The van der Waals surface area contributed by atoms with Crippen LogP contribution in [0.1, 0.15) is 23.0 Å². The van der Waals surface area contributed by atoms with Gasteiger partial charge in [0.15, 0.2) is 10.9 Å². The monoisotopic (exact) mass is 396 g/mol. The van der Waals surface area contributed by atoms with Crippen LogP contribution in [-0.4, -0.2) is 23.8 Å². The molecule has 1 amide bonds. The molecule has 7 heteroatoms. The number of rotatable bonds is 6. The molecule has 0 aliphatic carbocycles.